The molecule has 3 amide bonds. The van der Waals surface area contributed by atoms with Crippen molar-refractivity contribution >= 4 is 29.7 Å². The fraction of sp³-hybridized carbons (Fsp3) is 0.421. The molecule has 13 nitrogen and oxygen atoms in total. The molecule has 0 saturated heterocycles. The first-order chi connectivity index (χ1) is 14.9. The van der Waals surface area contributed by atoms with Crippen LogP contribution in [0.1, 0.15) is 18.9 Å². The highest BCUT2D eigenvalue weighted by Crippen LogP contribution is 2.12. The maximum atomic E-state index is 12.8. The van der Waals surface area contributed by atoms with Crippen LogP contribution >= 0.6 is 0 Å². The minimum absolute atomic E-state index is 0.0356. The van der Waals surface area contributed by atoms with Crippen molar-refractivity contribution < 1.29 is 44.4 Å². The average molecular weight is 454 g/mol. The number of phenolic OH excluding ortho intramolecular Hbond substituents is 1. The minimum atomic E-state index is -1.53. The van der Waals surface area contributed by atoms with Crippen molar-refractivity contribution in [2.24, 2.45) is 5.73 Å². The highest BCUT2D eigenvalue weighted by atomic mass is 16.4. The number of hydrogen-bond donors (Lipinski definition) is 8. The van der Waals surface area contributed by atoms with E-state index in [1.165, 1.54) is 31.2 Å². The van der Waals surface area contributed by atoms with E-state index in [9.17, 15) is 34.2 Å². The molecule has 1 aromatic rings. The van der Waals surface area contributed by atoms with E-state index in [0.29, 0.717) is 5.56 Å². The van der Waals surface area contributed by atoms with Gasteiger partial charge in [0.25, 0.3) is 0 Å². The van der Waals surface area contributed by atoms with E-state index in [1.807, 2.05) is 5.32 Å². The first kappa shape index (κ1) is 26.3. The van der Waals surface area contributed by atoms with Crippen molar-refractivity contribution in [2.45, 2.75) is 44.0 Å². The topological polar surface area (TPSA) is 228 Å². The quantitative estimate of drug-likeness (QED) is 0.163. The van der Waals surface area contributed by atoms with E-state index in [0.717, 1.165) is 0 Å². The Morgan fingerprint density at radius 3 is 2.03 bits per heavy atom. The van der Waals surface area contributed by atoms with Crippen molar-refractivity contribution in [3.05, 3.63) is 29.8 Å². The number of nitrogens with one attached hydrogen (secondary N) is 3. The Morgan fingerprint density at radius 1 is 0.938 bits per heavy atom. The number of aliphatic hydroxyl groups excluding tert-OH is 1. The SMILES string of the molecule is CC(O)C(NC(=O)C(Cc1ccc(O)cc1)NC(=O)C(N)CC(=O)O)C(=O)NCC(=O)O. The Balaban J connectivity index is 3.03. The van der Waals surface area contributed by atoms with Crippen LogP contribution in [-0.2, 0) is 30.4 Å². The van der Waals surface area contributed by atoms with Crippen molar-refractivity contribution in [1.82, 2.24) is 16.0 Å². The van der Waals surface area contributed by atoms with Gasteiger partial charge in [0.2, 0.25) is 17.7 Å². The summed E-state index contributed by atoms with van der Waals surface area (Å²) < 4.78 is 0. The summed E-state index contributed by atoms with van der Waals surface area (Å²) >= 11 is 0. The van der Waals surface area contributed by atoms with Crippen LogP contribution in [0.2, 0.25) is 0 Å². The molecule has 1 aromatic carbocycles. The number of nitrogens with two attached hydrogens (primary N) is 1. The zero-order valence-electron chi connectivity index (χ0n) is 17.1. The largest absolute Gasteiger partial charge is 0.508 e. The van der Waals surface area contributed by atoms with Gasteiger partial charge in [-0.05, 0) is 24.6 Å². The number of hydrogen-bond acceptors (Lipinski definition) is 8. The standard InChI is InChI=1S/C19H26N4O9/c1-9(24)16(19(32)21-8-15(28)29)23-18(31)13(6-10-2-4-11(25)5-3-10)22-17(30)12(20)7-14(26)27/h2-5,9,12-13,16,24-25H,6-8,20H2,1H3,(H,21,32)(H,22,30)(H,23,31)(H,26,27)(H,28,29). The number of aromatic hydroxyl groups is 1. The molecule has 0 spiro atoms. The Labute approximate surface area is 182 Å². The van der Waals surface area contributed by atoms with E-state index in [-0.39, 0.29) is 12.2 Å². The lowest BCUT2D eigenvalue weighted by atomic mass is 10.0. The molecule has 0 aliphatic heterocycles. The van der Waals surface area contributed by atoms with Gasteiger partial charge in [-0.1, -0.05) is 12.1 Å². The average Bonchev–Trinajstić information content (AvgIpc) is 2.70. The van der Waals surface area contributed by atoms with Gasteiger partial charge in [-0.25, -0.2) is 0 Å². The predicted octanol–water partition coefficient (Wildman–Crippen LogP) is -2.71. The maximum absolute atomic E-state index is 12.8. The molecule has 176 valence electrons. The molecule has 4 atom stereocenters. The summed E-state index contributed by atoms with van der Waals surface area (Å²) in [6.45, 7) is 0.456. The van der Waals surface area contributed by atoms with E-state index in [2.05, 4.69) is 10.6 Å². The molecular weight excluding hydrogens is 428 g/mol. The van der Waals surface area contributed by atoms with Crippen molar-refractivity contribution in [3.8, 4) is 5.75 Å². The van der Waals surface area contributed by atoms with Gasteiger partial charge >= 0.3 is 11.9 Å². The number of carboxylic acids is 2. The van der Waals surface area contributed by atoms with Crippen LogP contribution < -0.4 is 21.7 Å². The Bertz CT molecular complexity index is 842. The van der Waals surface area contributed by atoms with Gasteiger partial charge in [-0.15, -0.1) is 0 Å². The molecule has 0 radical (unpaired) electrons. The fourth-order valence-corrected chi connectivity index (χ4v) is 2.57. The van der Waals surface area contributed by atoms with Gasteiger partial charge < -0.3 is 42.1 Å². The molecule has 0 heterocycles. The number of carbonyl (C=O) groups is 5. The highest BCUT2D eigenvalue weighted by molar-refractivity contribution is 5.94. The van der Waals surface area contributed by atoms with Crippen molar-refractivity contribution in [3.63, 3.8) is 0 Å². The van der Waals surface area contributed by atoms with Crippen LogP contribution in [-0.4, -0.2) is 80.9 Å². The van der Waals surface area contributed by atoms with Crippen LogP contribution in [0.3, 0.4) is 0 Å². The van der Waals surface area contributed by atoms with E-state index < -0.39 is 66.9 Å². The maximum Gasteiger partial charge on any atom is 0.322 e. The number of rotatable bonds is 12. The molecule has 0 aromatic heterocycles. The number of carboxylic acid groups (broad SMARTS) is 2. The van der Waals surface area contributed by atoms with Crippen molar-refractivity contribution in [1.29, 1.82) is 0 Å². The molecule has 9 N–H and O–H groups in total. The smallest absolute Gasteiger partial charge is 0.322 e. The van der Waals surface area contributed by atoms with Crippen molar-refractivity contribution in [2.75, 3.05) is 6.54 Å². The number of phenols is 1. The van der Waals surface area contributed by atoms with Gasteiger partial charge in [-0.3, -0.25) is 24.0 Å². The van der Waals surface area contributed by atoms with E-state index in [1.54, 1.807) is 0 Å². The van der Waals surface area contributed by atoms with Gasteiger partial charge in [-0.2, -0.15) is 0 Å². The predicted molar refractivity (Wildman–Crippen MR) is 108 cm³/mol. The summed E-state index contributed by atoms with van der Waals surface area (Å²) in [7, 11) is 0. The third kappa shape index (κ3) is 8.97. The number of aliphatic hydroxyl groups is 1. The first-order valence-electron chi connectivity index (χ1n) is 9.44. The summed E-state index contributed by atoms with van der Waals surface area (Å²) in [5.74, 6) is -5.50. The Hall–Kier alpha value is -3.71. The summed E-state index contributed by atoms with van der Waals surface area (Å²) in [6.07, 6.45) is -2.22. The number of aliphatic carboxylic acids is 2. The summed E-state index contributed by atoms with van der Waals surface area (Å²) in [5, 5.41) is 43.3. The molecule has 0 bridgehead atoms. The highest BCUT2D eigenvalue weighted by Gasteiger charge is 2.31. The lowest BCUT2D eigenvalue weighted by Crippen LogP contribution is -2.59. The summed E-state index contributed by atoms with van der Waals surface area (Å²) in [6, 6.07) is 1.33. The zero-order valence-corrected chi connectivity index (χ0v) is 17.1. The van der Waals surface area contributed by atoms with Gasteiger partial charge in [0, 0.05) is 6.42 Å². The Morgan fingerprint density at radius 2 is 1.53 bits per heavy atom. The molecule has 13 heteroatoms. The van der Waals surface area contributed by atoms with Gasteiger partial charge in [0.15, 0.2) is 0 Å². The Kier molecular flexibility index (Phi) is 10.1. The van der Waals surface area contributed by atoms with E-state index >= 15 is 0 Å². The minimum Gasteiger partial charge on any atom is -0.508 e. The third-order valence-corrected chi connectivity index (χ3v) is 4.22. The van der Waals surface area contributed by atoms with Crippen LogP contribution in [0, 0.1) is 0 Å². The molecular formula is C19H26N4O9. The van der Waals surface area contributed by atoms with E-state index in [4.69, 9.17) is 15.9 Å². The molecule has 0 aliphatic rings. The van der Waals surface area contributed by atoms with Crippen LogP contribution in [0.15, 0.2) is 24.3 Å². The van der Waals surface area contributed by atoms with Gasteiger partial charge in [0.1, 0.15) is 24.4 Å². The monoisotopic (exact) mass is 454 g/mol. The number of carbonyl (C=O) groups excluding carboxylic acids is 3. The number of amides is 3. The lowest BCUT2D eigenvalue weighted by Gasteiger charge is -2.25. The second kappa shape index (κ2) is 12.2. The normalized spacial score (nSPS) is 14.3. The molecule has 1 rings (SSSR count). The third-order valence-electron chi connectivity index (χ3n) is 4.22. The number of benzene rings is 1. The lowest BCUT2D eigenvalue weighted by molar-refractivity contribution is -0.140. The summed E-state index contributed by atoms with van der Waals surface area (Å²) in [4.78, 5) is 58.6. The molecule has 32 heavy (non-hydrogen) atoms. The second-order valence-corrected chi connectivity index (χ2v) is 6.97. The fourth-order valence-electron chi connectivity index (χ4n) is 2.57. The summed E-state index contributed by atoms with van der Waals surface area (Å²) in [5.41, 5.74) is 6.03. The van der Waals surface area contributed by atoms with Gasteiger partial charge in [0.05, 0.1) is 18.6 Å². The molecule has 4 unspecified atom stereocenters. The zero-order chi connectivity index (χ0) is 24.4. The first-order valence-corrected chi connectivity index (χ1v) is 9.44. The van der Waals surface area contributed by atoms with Crippen LogP contribution in [0.5, 0.6) is 5.75 Å². The molecule has 0 aliphatic carbocycles. The van der Waals surface area contributed by atoms with Crippen LogP contribution in [0.4, 0.5) is 0 Å². The molecule has 0 saturated carbocycles. The van der Waals surface area contributed by atoms with Crippen LogP contribution in [0.25, 0.3) is 0 Å². The second-order valence-electron chi connectivity index (χ2n) is 6.97. The molecule has 0 fully saturated rings.